The number of carboxylic acids is 1. The molecule has 2 aromatic carbocycles. The van der Waals surface area contributed by atoms with Crippen LogP contribution < -0.4 is 10.5 Å². The predicted molar refractivity (Wildman–Crippen MR) is 96.6 cm³/mol. The van der Waals surface area contributed by atoms with Gasteiger partial charge in [-0.1, -0.05) is 36.4 Å². The lowest BCUT2D eigenvalue weighted by molar-refractivity contribution is -0.136. The lowest BCUT2D eigenvalue weighted by Crippen LogP contribution is -2.10. The minimum atomic E-state index is -0.768. The number of ether oxygens (including phenoxy) is 1. The van der Waals surface area contributed by atoms with E-state index in [-0.39, 0.29) is 12.3 Å². The molecule has 0 saturated heterocycles. The second-order valence-corrected chi connectivity index (χ2v) is 6.35. The number of amidine groups is 1. The molecule has 126 valence electrons. The molecule has 0 spiro atoms. The number of rotatable bonds is 9. The van der Waals surface area contributed by atoms with Gasteiger partial charge in [-0.15, -0.1) is 0 Å². The van der Waals surface area contributed by atoms with E-state index in [0.29, 0.717) is 17.9 Å². The van der Waals surface area contributed by atoms with Gasteiger partial charge in [0.05, 0.1) is 6.42 Å². The normalized spacial score (nSPS) is 10.3. The van der Waals surface area contributed by atoms with E-state index in [9.17, 15) is 4.79 Å². The van der Waals surface area contributed by atoms with E-state index in [4.69, 9.17) is 21.0 Å². The summed E-state index contributed by atoms with van der Waals surface area (Å²) in [6, 6.07) is 15.2. The van der Waals surface area contributed by atoms with E-state index in [2.05, 4.69) is 0 Å². The summed E-state index contributed by atoms with van der Waals surface area (Å²) >= 11 is 1.59. The predicted octanol–water partition coefficient (Wildman–Crippen LogP) is 3.26. The zero-order valence-electron chi connectivity index (χ0n) is 13.2. The molecule has 0 radical (unpaired) electrons. The van der Waals surface area contributed by atoms with Gasteiger partial charge >= 0.3 is 5.97 Å². The molecule has 0 aliphatic rings. The molecule has 0 bridgehead atoms. The maximum Gasteiger partial charge on any atom is 0.304 e. The highest BCUT2D eigenvalue weighted by atomic mass is 32.2. The van der Waals surface area contributed by atoms with Crippen LogP contribution in [0.3, 0.4) is 0 Å². The van der Waals surface area contributed by atoms with Crippen molar-refractivity contribution in [2.45, 2.75) is 18.8 Å². The first-order chi connectivity index (χ1) is 11.5. The molecule has 24 heavy (non-hydrogen) atoms. The van der Waals surface area contributed by atoms with Crippen molar-refractivity contribution in [2.75, 3.05) is 5.75 Å². The van der Waals surface area contributed by atoms with Gasteiger partial charge in [-0.25, -0.2) is 0 Å². The van der Waals surface area contributed by atoms with E-state index < -0.39 is 5.97 Å². The number of nitrogen functional groups attached to an aromatic ring is 1. The molecular weight excluding hydrogens is 324 g/mol. The number of hydrogen-bond acceptors (Lipinski definition) is 4. The van der Waals surface area contributed by atoms with Crippen LogP contribution in [0.2, 0.25) is 0 Å². The topological polar surface area (TPSA) is 96.4 Å². The largest absolute Gasteiger partial charge is 0.489 e. The van der Waals surface area contributed by atoms with Gasteiger partial charge in [-0.3, -0.25) is 10.2 Å². The quantitative estimate of drug-likeness (QED) is 0.369. The number of hydrogen-bond donors (Lipinski definition) is 3. The molecule has 6 heteroatoms. The standard InChI is InChI=1S/C18H20N2O3S/c19-18(20)15-6-4-13(5-7-15)11-23-16-3-1-2-14(10-16)12-24-9-8-17(21)22/h1-7,10H,8-9,11-12H2,(H3,19,20)(H,21,22). The maximum atomic E-state index is 10.5. The zero-order valence-corrected chi connectivity index (χ0v) is 14.0. The molecule has 4 N–H and O–H groups in total. The molecule has 0 fully saturated rings. The Balaban J connectivity index is 1.85. The van der Waals surface area contributed by atoms with Gasteiger partial charge in [0.15, 0.2) is 0 Å². The van der Waals surface area contributed by atoms with Crippen molar-refractivity contribution in [1.29, 1.82) is 5.41 Å². The Bertz CT molecular complexity index is 702. The smallest absolute Gasteiger partial charge is 0.304 e. The molecule has 2 rings (SSSR count). The Kier molecular flexibility index (Phi) is 6.69. The van der Waals surface area contributed by atoms with Crippen LogP contribution in [-0.2, 0) is 17.2 Å². The van der Waals surface area contributed by atoms with Crippen LogP contribution in [0.25, 0.3) is 0 Å². The molecule has 0 heterocycles. The van der Waals surface area contributed by atoms with Crippen LogP contribution >= 0.6 is 11.8 Å². The van der Waals surface area contributed by atoms with Gasteiger partial charge < -0.3 is 15.6 Å². The first-order valence-corrected chi connectivity index (χ1v) is 8.64. The number of nitrogens with one attached hydrogen (secondary N) is 1. The van der Waals surface area contributed by atoms with Gasteiger partial charge in [-0.05, 0) is 23.3 Å². The van der Waals surface area contributed by atoms with Gasteiger partial charge in [0, 0.05) is 17.1 Å². The van der Waals surface area contributed by atoms with Crippen LogP contribution in [0.1, 0.15) is 23.1 Å². The van der Waals surface area contributed by atoms with Crippen molar-refractivity contribution in [3.05, 3.63) is 65.2 Å². The van der Waals surface area contributed by atoms with Crippen molar-refractivity contribution in [3.8, 4) is 5.75 Å². The third kappa shape index (κ3) is 5.96. The number of carboxylic acid groups (broad SMARTS) is 1. The number of nitrogens with two attached hydrogens (primary N) is 1. The highest BCUT2D eigenvalue weighted by Gasteiger charge is 2.02. The molecule has 0 amide bonds. The minimum Gasteiger partial charge on any atom is -0.489 e. The lowest BCUT2D eigenvalue weighted by atomic mass is 10.1. The van der Waals surface area contributed by atoms with Crippen LogP contribution in [0.4, 0.5) is 0 Å². The van der Waals surface area contributed by atoms with E-state index in [1.165, 1.54) is 0 Å². The number of benzene rings is 2. The molecule has 0 aliphatic carbocycles. The lowest BCUT2D eigenvalue weighted by Gasteiger charge is -2.09. The Morgan fingerprint density at radius 2 is 1.92 bits per heavy atom. The van der Waals surface area contributed by atoms with E-state index in [1.807, 2.05) is 36.4 Å². The second-order valence-electron chi connectivity index (χ2n) is 5.24. The number of aliphatic carboxylic acids is 1. The summed E-state index contributed by atoms with van der Waals surface area (Å²) in [6.45, 7) is 0.438. The van der Waals surface area contributed by atoms with Crippen molar-refractivity contribution >= 4 is 23.6 Å². The molecule has 0 unspecified atom stereocenters. The van der Waals surface area contributed by atoms with Crippen molar-refractivity contribution in [3.63, 3.8) is 0 Å². The monoisotopic (exact) mass is 344 g/mol. The average Bonchev–Trinajstić information content (AvgIpc) is 2.57. The van der Waals surface area contributed by atoms with Crippen LogP contribution in [-0.4, -0.2) is 22.7 Å². The summed E-state index contributed by atoms with van der Waals surface area (Å²) < 4.78 is 5.79. The zero-order chi connectivity index (χ0) is 17.4. The summed E-state index contributed by atoms with van der Waals surface area (Å²) in [5.41, 5.74) is 8.23. The Morgan fingerprint density at radius 3 is 2.58 bits per heavy atom. The fourth-order valence-corrected chi connectivity index (χ4v) is 2.90. The maximum absolute atomic E-state index is 10.5. The fraction of sp³-hybridized carbons (Fsp3) is 0.222. The van der Waals surface area contributed by atoms with Crippen LogP contribution in [0.15, 0.2) is 48.5 Å². The van der Waals surface area contributed by atoms with Gasteiger partial charge in [0.1, 0.15) is 18.2 Å². The summed E-state index contributed by atoms with van der Waals surface area (Å²) in [5.74, 6) is 1.42. The number of carbonyl (C=O) groups is 1. The first kappa shape index (κ1) is 17.9. The first-order valence-electron chi connectivity index (χ1n) is 7.49. The van der Waals surface area contributed by atoms with Crippen molar-refractivity contribution < 1.29 is 14.6 Å². The molecule has 0 saturated carbocycles. The molecule has 0 aromatic heterocycles. The Morgan fingerprint density at radius 1 is 1.17 bits per heavy atom. The molecule has 0 aliphatic heterocycles. The second kappa shape index (κ2) is 8.98. The van der Waals surface area contributed by atoms with E-state index >= 15 is 0 Å². The fourth-order valence-electron chi connectivity index (χ4n) is 2.02. The molecule has 5 nitrogen and oxygen atoms in total. The van der Waals surface area contributed by atoms with Gasteiger partial charge in [0.2, 0.25) is 0 Å². The Hall–Kier alpha value is -2.47. The van der Waals surface area contributed by atoms with E-state index in [0.717, 1.165) is 22.6 Å². The van der Waals surface area contributed by atoms with Gasteiger partial charge in [0.25, 0.3) is 0 Å². The molecule has 2 aromatic rings. The minimum absolute atomic E-state index is 0.0515. The van der Waals surface area contributed by atoms with E-state index in [1.54, 1.807) is 23.9 Å². The summed E-state index contributed by atoms with van der Waals surface area (Å²) in [6.07, 6.45) is 0.178. The van der Waals surface area contributed by atoms with Crippen LogP contribution in [0, 0.1) is 5.41 Å². The van der Waals surface area contributed by atoms with Gasteiger partial charge in [-0.2, -0.15) is 11.8 Å². The summed E-state index contributed by atoms with van der Waals surface area (Å²) in [7, 11) is 0. The summed E-state index contributed by atoms with van der Waals surface area (Å²) in [4.78, 5) is 10.5. The Labute approximate surface area is 145 Å². The third-order valence-corrected chi connectivity index (χ3v) is 4.33. The highest BCUT2D eigenvalue weighted by Crippen LogP contribution is 2.19. The third-order valence-electron chi connectivity index (χ3n) is 3.30. The van der Waals surface area contributed by atoms with Crippen LogP contribution in [0.5, 0.6) is 5.75 Å². The highest BCUT2D eigenvalue weighted by molar-refractivity contribution is 7.98. The number of thioether (sulfide) groups is 1. The molecule has 0 atom stereocenters. The average molecular weight is 344 g/mol. The summed E-state index contributed by atoms with van der Waals surface area (Å²) in [5, 5.41) is 16.0. The van der Waals surface area contributed by atoms with Crippen molar-refractivity contribution in [1.82, 2.24) is 0 Å². The van der Waals surface area contributed by atoms with Crippen molar-refractivity contribution in [2.24, 2.45) is 5.73 Å². The molecular formula is C18H20N2O3S. The SMILES string of the molecule is N=C(N)c1ccc(COc2cccc(CSCCC(=O)O)c2)cc1.